The number of amides is 1. The molecule has 0 aliphatic carbocycles. The van der Waals surface area contributed by atoms with Gasteiger partial charge in [0.15, 0.2) is 0 Å². The minimum absolute atomic E-state index is 0.219. The fraction of sp³-hybridized carbons (Fsp3) is 0.375. The molecule has 3 rings (SSSR count). The van der Waals surface area contributed by atoms with Gasteiger partial charge in [0.25, 0.3) is 5.91 Å². The van der Waals surface area contributed by atoms with Crippen LogP contribution in [0.15, 0.2) is 28.8 Å². The zero-order valence-electron chi connectivity index (χ0n) is 13.2. The Morgan fingerprint density at radius 2 is 1.96 bits per heavy atom. The number of aromatic nitrogens is 1. The molecule has 0 saturated carbocycles. The van der Waals surface area contributed by atoms with Gasteiger partial charge in [-0.2, -0.15) is 0 Å². The van der Waals surface area contributed by atoms with Crippen LogP contribution in [0, 0.1) is 6.92 Å². The highest BCUT2D eigenvalue weighted by Gasteiger charge is 2.25. The molecule has 0 radical (unpaired) electrons. The highest BCUT2D eigenvalue weighted by atomic mass is 35.5. The molecule has 0 spiro atoms. The van der Waals surface area contributed by atoms with E-state index in [0.717, 1.165) is 26.2 Å². The quantitative estimate of drug-likeness (QED) is 0.932. The minimum Gasteiger partial charge on any atom is -0.360 e. The highest BCUT2D eigenvalue weighted by Crippen LogP contribution is 2.30. The molecule has 0 unspecified atom stereocenters. The molecule has 1 fully saturated rings. The molecular formula is C16H19ClN4O2. The van der Waals surface area contributed by atoms with E-state index in [0.29, 0.717) is 27.6 Å². The Kier molecular flexibility index (Phi) is 4.66. The second kappa shape index (κ2) is 6.70. The molecule has 0 atom stereocenters. The lowest BCUT2D eigenvalue weighted by molar-refractivity contribution is 0.0661. The zero-order valence-corrected chi connectivity index (χ0v) is 13.9. The second-order valence-electron chi connectivity index (χ2n) is 5.67. The van der Waals surface area contributed by atoms with Gasteiger partial charge in [-0.05, 0) is 20.0 Å². The van der Waals surface area contributed by atoms with E-state index in [2.05, 4.69) is 22.5 Å². The molecule has 6 nitrogen and oxygen atoms in total. The number of hydrogen-bond donors (Lipinski definition) is 1. The normalized spacial score (nSPS) is 16.5. The number of nitrogens with one attached hydrogen (secondary N) is 1. The van der Waals surface area contributed by atoms with Crippen molar-refractivity contribution < 1.29 is 9.32 Å². The van der Waals surface area contributed by atoms with Crippen LogP contribution in [-0.2, 0) is 0 Å². The van der Waals surface area contributed by atoms with Crippen LogP contribution in [0.5, 0.6) is 0 Å². The summed E-state index contributed by atoms with van der Waals surface area (Å²) in [4.78, 5) is 14.9. The molecule has 2 aromatic rings. The fourth-order valence-corrected chi connectivity index (χ4v) is 2.82. The van der Waals surface area contributed by atoms with Crippen molar-refractivity contribution in [3.8, 4) is 11.3 Å². The summed E-state index contributed by atoms with van der Waals surface area (Å²) >= 11 is 6.22. The molecule has 1 saturated heterocycles. The van der Waals surface area contributed by atoms with Gasteiger partial charge in [-0.25, -0.2) is 5.01 Å². The minimum atomic E-state index is -0.219. The van der Waals surface area contributed by atoms with Gasteiger partial charge in [0.2, 0.25) is 0 Å². The van der Waals surface area contributed by atoms with Crippen molar-refractivity contribution in [2.24, 2.45) is 0 Å². The van der Waals surface area contributed by atoms with Crippen molar-refractivity contribution in [1.82, 2.24) is 20.5 Å². The first kappa shape index (κ1) is 16.0. The van der Waals surface area contributed by atoms with Gasteiger partial charge < -0.3 is 9.42 Å². The Bertz CT molecular complexity index is 708. The van der Waals surface area contributed by atoms with Gasteiger partial charge >= 0.3 is 0 Å². The molecule has 23 heavy (non-hydrogen) atoms. The third-order valence-corrected chi connectivity index (χ3v) is 4.31. The number of rotatable bonds is 3. The van der Waals surface area contributed by atoms with E-state index in [9.17, 15) is 4.79 Å². The lowest BCUT2D eigenvalue weighted by Crippen LogP contribution is -2.52. The highest BCUT2D eigenvalue weighted by molar-refractivity contribution is 6.33. The average Bonchev–Trinajstić information content (AvgIpc) is 2.91. The predicted molar refractivity (Wildman–Crippen MR) is 88.2 cm³/mol. The molecule has 1 aromatic carbocycles. The largest absolute Gasteiger partial charge is 0.360 e. The third-order valence-electron chi connectivity index (χ3n) is 3.98. The van der Waals surface area contributed by atoms with Gasteiger partial charge in [-0.1, -0.05) is 35.0 Å². The zero-order chi connectivity index (χ0) is 16.4. The van der Waals surface area contributed by atoms with Crippen molar-refractivity contribution in [3.05, 3.63) is 40.6 Å². The van der Waals surface area contributed by atoms with Crippen LogP contribution in [-0.4, -0.2) is 54.2 Å². The van der Waals surface area contributed by atoms with Gasteiger partial charge in [-0.3, -0.25) is 10.2 Å². The summed E-state index contributed by atoms with van der Waals surface area (Å²) in [6.45, 7) is 5.13. The maximum Gasteiger partial charge on any atom is 0.271 e. The summed E-state index contributed by atoms with van der Waals surface area (Å²) in [7, 11) is 2.07. The van der Waals surface area contributed by atoms with Crippen LogP contribution in [0.4, 0.5) is 0 Å². The average molecular weight is 335 g/mol. The van der Waals surface area contributed by atoms with E-state index in [1.807, 2.05) is 23.2 Å². The Labute approximate surface area is 140 Å². The molecule has 2 heterocycles. The van der Waals surface area contributed by atoms with Crippen LogP contribution in [0.25, 0.3) is 11.3 Å². The van der Waals surface area contributed by atoms with Crippen LogP contribution in [0.1, 0.15) is 16.1 Å². The molecule has 1 amide bonds. The number of piperazine rings is 1. The number of benzene rings is 1. The van der Waals surface area contributed by atoms with Crippen LogP contribution in [0.3, 0.4) is 0 Å². The van der Waals surface area contributed by atoms with E-state index in [1.165, 1.54) is 0 Å². The van der Waals surface area contributed by atoms with Gasteiger partial charge in [0.1, 0.15) is 17.0 Å². The van der Waals surface area contributed by atoms with Crippen molar-refractivity contribution in [2.75, 3.05) is 33.2 Å². The predicted octanol–water partition coefficient (Wildman–Crippen LogP) is 2.20. The molecule has 7 heteroatoms. The topological polar surface area (TPSA) is 61.6 Å². The lowest BCUT2D eigenvalue weighted by Gasteiger charge is -2.32. The van der Waals surface area contributed by atoms with Gasteiger partial charge in [-0.15, -0.1) is 0 Å². The number of hydrogen-bond acceptors (Lipinski definition) is 5. The number of nitrogens with zero attached hydrogens (tertiary/aromatic N) is 3. The monoisotopic (exact) mass is 334 g/mol. The molecule has 0 bridgehead atoms. The third kappa shape index (κ3) is 3.39. The molecule has 1 N–H and O–H groups in total. The second-order valence-corrected chi connectivity index (χ2v) is 6.08. The van der Waals surface area contributed by atoms with E-state index < -0.39 is 0 Å². The first-order valence-corrected chi connectivity index (χ1v) is 7.89. The van der Waals surface area contributed by atoms with Crippen LogP contribution >= 0.6 is 11.6 Å². The van der Waals surface area contributed by atoms with Crippen molar-refractivity contribution in [3.63, 3.8) is 0 Å². The summed E-state index contributed by atoms with van der Waals surface area (Å²) in [5, 5.41) is 6.48. The van der Waals surface area contributed by atoms with Crippen molar-refractivity contribution in [1.29, 1.82) is 0 Å². The molecule has 1 aromatic heterocycles. The number of halogens is 1. The first-order valence-electron chi connectivity index (χ1n) is 7.52. The number of carbonyl (C=O) groups is 1. The summed E-state index contributed by atoms with van der Waals surface area (Å²) in [5.41, 5.74) is 4.53. The van der Waals surface area contributed by atoms with E-state index >= 15 is 0 Å². The fourth-order valence-electron chi connectivity index (χ4n) is 2.59. The van der Waals surface area contributed by atoms with Gasteiger partial charge in [0.05, 0.1) is 5.02 Å². The molecule has 1 aliphatic rings. The first-order chi connectivity index (χ1) is 11.1. The lowest BCUT2D eigenvalue weighted by atomic mass is 10.1. The summed E-state index contributed by atoms with van der Waals surface area (Å²) in [5.74, 6) is 0.259. The Morgan fingerprint density at radius 1 is 1.26 bits per heavy atom. The number of hydrazine groups is 1. The standard InChI is InChI=1S/C16H19ClN4O2/c1-11-14(16(22)18-21-9-7-20(2)8-10-21)15(19-23-11)12-5-3-4-6-13(12)17/h3-6H,7-10H2,1-2H3,(H,18,22). The van der Waals surface area contributed by atoms with E-state index in [4.69, 9.17) is 16.1 Å². The Morgan fingerprint density at radius 3 is 2.65 bits per heavy atom. The van der Waals surface area contributed by atoms with Crippen LogP contribution < -0.4 is 5.43 Å². The number of carbonyl (C=O) groups excluding carboxylic acids is 1. The Hall–Kier alpha value is -1.89. The molecular weight excluding hydrogens is 316 g/mol. The summed E-state index contributed by atoms with van der Waals surface area (Å²) < 4.78 is 5.24. The van der Waals surface area contributed by atoms with Crippen molar-refractivity contribution >= 4 is 17.5 Å². The van der Waals surface area contributed by atoms with Crippen molar-refractivity contribution in [2.45, 2.75) is 6.92 Å². The summed E-state index contributed by atoms with van der Waals surface area (Å²) in [6.07, 6.45) is 0. The maximum absolute atomic E-state index is 12.7. The molecule has 1 aliphatic heterocycles. The SMILES string of the molecule is Cc1onc(-c2ccccc2Cl)c1C(=O)NN1CCN(C)CC1. The van der Waals surface area contributed by atoms with E-state index in [1.54, 1.807) is 13.0 Å². The smallest absolute Gasteiger partial charge is 0.271 e. The van der Waals surface area contributed by atoms with E-state index in [-0.39, 0.29) is 5.91 Å². The maximum atomic E-state index is 12.7. The Balaban J connectivity index is 1.84. The number of aryl methyl sites for hydroxylation is 1. The number of likely N-dealkylation sites (N-methyl/N-ethyl adjacent to an activating group) is 1. The van der Waals surface area contributed by atoms with Gasteiger partial charge in [0, 0.05) is 31.7 Å². The molecule has 122 valence electrons. The van der Waals surface area contributed by atoms with Crippen LogP contribution in [0.2, 0.25) is 5.02 Å². The summed E-state index contributed by atoms with van der Waals surface area (Å²) in [6, 6.07) is 7.28.